The summed E-state index contributed by atoms with van der Waals surface area (Å²) in [7, 11) is 0. The van der Waals surface area contributed by atoms with Crippen molar-refractivity contribution < 1.29 is 14.7 Å². The summed E-state index contributed by atoms with van der Waals surface area (Å²) in [6, 6.07) is 3.32. The van der Waals surface area contributed by atoms with Gasteiger partial charge in [0.25, 0.3) is 0 Å². The lowest BCUT2D eigenvalue weighted by Crippen LogP contribution is -2.41. The van der Waals surface area contributed by atoms with Crippen LogP contribution >= 0.6 is 46.4 Å². The first-order valence-electron chi connectivity index (χ1n) is 7.95. The van der Waals surface area contributed by atoms with E-state index in [4.69, 9.17) is 46.4 Å². The van der Waals surface area contributed by atoms with E-state index < -0.39 is 6.09 Å². The van der Waals surface area contributed by atoms with Crippen LogP contribution in [0.2, 0.25) is 20.1 Å². The second-order valence-electron chi connectivity index (χ2n) is 5.99. The lowest BCUT2D eigenvalue weighted by molar-refractivity contribution is -0.246. The van der Waals surface area contributed by atoms with Crippen LogP contribution < -0.4 is 15.3 Å². The molecule has 0 saturated heterocycles. The van der Waals surface area contributed by atoms with Crippen molar-refractivity contribution in [2.45, 2.75) is 20.3 Å². The molecule has 27 heavy (non-hydrogen) atoms. The van der Waals surface area contributed by atoms with Crippen LogP contribution in [0.25, 0.3) is 11.1 Å². The SMILES string of the molecule is CCN(C(=O)[O-])c1c(Cl)cc2c(c1Cl)Cc1c-2cc(Cl)c(NC(C)=O)c1Cl. The number of halogens is 4. The predicted molar refractivity (Wildman–Crippen MR) is 107 cm³/mol. The van der Waals surface area contributed by atoms with Crippen LogP contribution in [0.5, 0.6) is 0 Å². The molecule has 0 aliphatic heterocycles. The number of hydrogen-bond acceptors (Lipinski definition) is 3. The monoisotopic (exact) mass is 445 g/mol. The molecule has 0 unspecified atom stereocenters. The van der Waals surface area contributed by atoms with E-state index in [9.17, 15) is 14.7 Å². The molecular formula is C18H13Cl4N2O3-. The number of fused-ring (bicyclic) bond motifs is 3. The summed E-state index contributed by atoms with van der Waals surface area (Å²) in [5.74, 6) is -0.301. The normalized spacial score (nSPS) is 11.8. The molecule has 1 aliphatic carbocycles. The molecule has 0 spiro atoms. The maximum atomic E-state index is 11.4. The average molecular weight is 447 g/mol. The van der Waals surface area contributed by atoms with Crippen molar-refractivity contribution in [1.82, 2.24) is 0 Å². The van der Waals surface area contributed by atoms with Crippen LogP contribution in [0.15, 0.2) is 12.1 Å². The fourth-order valence-electron chi connectivity index (χ4n) is 3.23. The van der Waals surface area contributed by atoms with Crippen LogP contribution in [0.4, 0.5) is 16.2 Å². The topological polar surface area (TPSA) is 72.5 Å². The molecule has 0 radical (unpaired) electrons. The second kappa shape index (κ2) is 7.40. The highest BCUT2D eigenvalue weighted by Gasteiger charge is 2.30. The molecule has 2 aromatic rings. The molecule has 0 bridgehead atoms. The van der Waals surface area contributed by atoms with Gasteiger partial charge < -0.3 is 20.1 Å². The van der Waals surface area contributed by atoms with E-state index in [0.29, 0.717) is 22.7 Å². The van der Waals surface area contributed by atoms with E-state index in [2.05, 4.69) is 5.32 Å². The highest BCUT2D eigenvalue weighted by atomic mass is 35.5. The number of hydrogen-bond donors (Lipinski definition) is 1. The number of nitrogens with zero attached hydrogens (tertiary/aromatic N) is 1. The third-order valence-corrected chi connectivity index (χ3v) is 5.78. The third-order valence-electron chi connectivity index (χ3n) is 4.37. The Balaban J connectivity index is 2.21. The van der Waals surface area contributed by atoms with Crippen molar-refractivity contribution in [3.05, 3.63) is 43.4 Å². The lowest BCUT2D eigenvalue weighted by Gasteiger charge is -2.26. The van der Waals surface area contributed by atoms with Gasteiger partial charge in [-0.3, -0.25) is 4.79 Å². The van der Waals surface area contributed by atoms with Crippen molar-refractivity contribution >= 4 is 69.8 Å². The number of rotatable bonds is 3. The number of anilines is 2. The molecular weight excluding hydrogens is 434 g/mol. The number of carbonyl (C=O) groups excluding carboxylic acids is 2. The van der Waals surface area contributed by atoms with E-state index in [-0.39, 0.29) is 33.2 Å². The third kappa shape index (κ3) is 3.34. The molecule has 1 aliphatic rings. The smallest absolute Gasteiger partial charge is 0.221 e. The van der Waals surface area contributed by atoms with Gasteiger partial charge in [0.15, 0.2) is 0 Å². The van der Waals surface area contributed by atoms with Crippen LogP contribution in [0.3, 0.4) is 0 Å². The van der Waals surface area contributed by atoms with Crippen molar-refractivity contribution in [3.8, 4) is 11.1 Å². The maximum Gasteiger partial charge on any atom is 0.221 e. The Labute approximate surface area is 175 Å². The molecule has 5 nitrogen and oxygen atoms in total. The summed E-state index contributed by atoms with van der Waals surface area (Å²) in [4.78, 5) is 23.8. The van der Waals surface area contributed by atoms with Gasteiger partial charge in [0, 0.05) is 19.9 Å². The summed E-state index contributed by atoms with van der Waals surface area (Å²) in [6.45, 7) is 3.14. The standard InChI is InChI=1S/C18H14Cl4N2O3/c1-3-24(18(26)27)17-13(20)6-9-8-5-12(19)16(23-7(2)25)14(21)10(8)4-11(9)15(17)22/h5-6H,3-4H2,1-2H3,(H,23,25)(H,26,27)/p-1. The Bertz CT molecular complexity index is 992. The largest absolute Gasteiger partial charge is 0.530 e. The number of amides is 2. The lowest BCUT2D eigenvalue weighted by atomic mass is 10.0. The first-order chi connectivity index (χ1) is 12.7. The quantitative estimate of drug-likeness (QED) is 0.615. The first-order valence-corrected chi connectivity index (χ1v) is 9.46. The number of benzene rings is 2. The van der Waals surface area contributed by atoms with Crippen molar-refractivity contribution in [2.24, 2.45) is 0 Å². The summed E-state index contributed by atoms with van der Waals surface area (Å²) < 4.78 is 0. The van der Waals surface area contributed by atoms with Gasteiger partial charge in [-0.25, -0.2) is 0 Å². The molecule has 0 fully saturated rings. The summed E-state index contributed by atoms with van der Waals surface area (Å²) in [6.07, 6.45) is -1.05. The molecule has 9 heteroatoms. The Morgan fingerprint density at radius 3 is 2.15 bits per heavy atom. The highest BCUT2D eigenvalue weighted by molar-refractivity contribution is 6.43. The average Bonchev–Trinajstić information content (AvgIpc) is 2.93. The summed E-state index contributed by atoms with van der Waals surface area (Å²) in [5, 5.41) is 15.0. The summed E-state index contributed by atoms with van der Waals surface area (Å²) in [5.41, 5.74) is 3.37. The molecule has 0 atom stereocenters. The fourth-order valence-corrected chi connectivity index (χ4v) is 4.57. The Morgan fingerprint density at radius 1 is 1.07 bits per heavy atom. The molecule has 0 aromatic heterocycles. The Hall–Kier alpha value is -1.66. The molecule has 0 heterocycles. The fraction of sp³-hybridized carbons (Fsp3) is 0.222. The second-order valence-corrected chi connectivity index (χ2v) is 7.56. The Kier molecular flexibility index (Phi) is 5.50. The van der Waals surface area contributed by atoms with E-state index >= 15 is 0 Å². The Morgan fingerprint density at radius 2 is 1.63 bits per heavy atom. The minimum absolute atomic E-state index is 0.132. The van der Waals surface area contributed by atoms with Crippen LogP contribution in [0.1, 0.15) is 25.0 Å². The number of nitrogens with one attached hydrogen (secondary N) is 1. The first kappa shape index (κ1) is 20.1. The van der Waals surface area contributed by atoms with E-state index in [1.165, 1.54) is 6.92 Å². The predicted octanol–water partition coefficient (Wildman–Crippen LogP) is 5.00. The van der Waals surface area contributed by atoms with Gasteiger partial charge in [0.2, 0.25) is 5.91 Å². The van der Waals surface area contributed by atoms with Crippen LogP contribution in [0, 0.1) is 0 Å². The van der Waals surface area contributed by atoms with Gasteiger partial charge in [-0.2, -0.15) is 0 Å². The highest BCUT2D eigenvalue weighted by Crippen LogP contribution is 2.51. The molecule has 3 rings (SSSR count). The van der Waals surface area contributed by atoms with Crippen LogP contribution in [-0.2, 0) is 11.2 Å². The van der Waals surface area contributed by atoms with Gasteiger partial charge in [-0.05, 0) is 41.3 Å². The zero-order chi connectivity index (χ0) is 20.0. The molecule has 0 saturated carbocycles. The van der Waals surface area contributed by atoms with E-state index in [1.807, 2.05) is 0 Å². The molecule has 1 N–H and O–H groups in total. The van der Waals surface area contributed by atoms with Gasteiger partial charge in [-0.1, -0.05) is 46.4 Å². The van der Waals surface area contributed by atoms with Crippen molar-refractivity contribution in [3.63, 3.8) is 0 Å². The molecule has 2 amide bonds. The summed E-state index contributed by atoms with van der Waals surface area (Å²) >= 11 is 25.6. The zero-order valence-electron chi connectivity index (χ0n) is 14.3. The number of carbonyl (C=O) groups is 2. The van der Waals surface area contributed by atoms with E-state index in [0.717, 1.165) is 21.6 Å². The minimum atomic E-state index is -1.40. The van der Waals surface area contributed by atoms with E-state index in [1.54, 1.807) is 19.1 Å². The van der Waals surface area contributed by atoms with Gasteiger partial charge in [0.1, 0.15) is 6.09 Å². The maximum absolute atomic E-state index is 11.4. The molecule has 142 valence electrons. The van der Waals surface area contributed by atoms with Gasteiger partial charge >= 0.3 is 0 Å². The van der Waals surface area contributed by atoms with Gasteiger partial charge in [0.05, 0.1) is 31.5 Å². The molecule has 2 aromatic carbocycles. The zero-order valence-corrected chi connectivity index (χ0v) is 17.3. The van der Waals surface area contributed by atoms with Crippen molar-refractivity contribution in [1.29, 1.82) is 0 Å². The van der Waals surface area contributed by atoms with Crippen LogP contribution in [-0.4, -0.2) is 18.5 Å². The van der Waals surface area contributed by atoms with Gasteiger partial charge in [-0.15, -0.1) is 0 Å². The van der Waals surface area contributed by atoms with Crippen molar-refractivity contribution in [2.75, 3.05) is 16.8 Å². The number of carboxylic acid groups (broad SMARTS) is 1. The minimum Gasteiger partial charge on any atom is -0.530 e.